The van der Waals surface area contributed by atoms with Gasteiger partial charge in [0.05, 0.1) is 0 Å². The molecule has 0 spiro atoms. The molecule has 1 unspecified atom stereocenters. The number of hydrogen-bond donors (Lipinski definition) is 0. The Kier molecular flexibility index (Phi) is 4.36. The van der Waals surface area contributed by atoms with Gasteiger partial charge in [-0.15, -0.1) is 0 Å². The highest BCUT2D eigenvalue weighted by Gasteiger charge is 2.25. The summed E-state index contributed by atoms with van der Waals surface area (Å²) in [7, 11) is 0. The molecule has 1 atom stereocenters. The third kappa shape index (κ3) is 2.96. The number of unbranched alkanes of at least 4 members (excludes halogenated alkanes) is 2. The predicted octanol–water partition coefficient (Wildman–Crippen LogP) is 4.26. The SMILES string of the molecule is CCCCCC(=O)C1CCCc2ccccc21. The van der Waals surface area contributed by atoms with Crippen LogP contribution in [0.4, 0.5) is 0 Å². The molecule has 17 heavy (non-hydrogen) atoms. The zero-order valence-electron chi connectivity index (χ0n) is 10.7. The van der Waals surface area contributed by atoms with Crippen molar-refractivity contribution in [2.24, 2.45) is 0 Å². The van der Waals surface area contributed by atoms with Crippen molar-refractivity contribution in [1.29, 1.82) is 0 Å². The Morgan fingerprint density at radius 1 is 1.29 bits per heavy atom. The molecule has 92 valence electrons. The quantitative estimate of drug-likeness (QED) is 0.691. The molecule has 0 bridgehead atoms. The van der Waals surface area contributed by atoms with Crippen LogP contribution in [0.2, 0.25) is 0 Å². The van der Waals surface area contributed by atoms with Gasteiger partial charge in [0.2, 0.25) is 0 Å². The molecule has 0 saturated carbocycles. The molecule has 1 aromatic rings. The Balaban J connectivity index is 2.05. The van der Waals surface area contributed by atoms with Gasteiger partial charge < -0.3 is 0 Å². The lowest BCUT2D eigenvalue weighted by Crippen LogP contribution is -2.18. The maximum absolute atomic E-state index is 12.2. The van der Waals surface area contributed by atoms with Crippen molar-refractivity contribution in [2.75, 3.05) is 0 Å². The molecule has 1 nitrogen and oxygen atoms in total. The number of benzene rings is 1. The lowest BCUT2D eigenvalue weighted by atomic mass is 9.79. The highest BCUT2D eigenvalue weighted by molar-refractivity contribution is 5.86. The smallest absolute Gasteiger partial charge is 0.140 e. The average Bonchev–Trinajstić information content (AvgIpc) is 2.38. The second-order valence-corrected chi connectivity index (χ2v) is 5.07. The Labute approximate surface area is 104 Å². The first-order valence-corrected chi connectivity index (χ1v) is 6.93. The van der Waals surface area contributed by atoms with Crippen molar-refractivity contribution in [2.45, 2.75) is 57.8 Å². The Bertz CT molecular complexity index is 381. The summed E-state index contributed by atoms with van der Waals surface area (Å²) in [6.45, 7) is 2.18. The van der Waals surface area contributed by atoms with Crippen LogP contribution in [0.3, 0.4) is 0 Å². The van der Waals surface area contributed by atoms with Gasteiger partial charge in [0, 0.05) is 12.3 Å². The van der Waals surface area contributed by atoms with E-state index < -0.39 is 0 Å². The van der Waals surface area contributed by atoms with Crippen molar-refractivity contribution >= 4 is 5.78 Å². The normalized spacial score (nSPS) is 18.8. The van der Waals surface area contributed by atoms with Crippen LogP contribution in [-0.2, 0) is 11.2 Å². The Hall–Kier alpha value is -1.11. The van der Waals surface area contributed by atoms with Crippen LogP contribution in [0.15, 0.2) is 24.3 Å². The molecule has 0 amide bonds. The molecule has 0 radical (unpaired) electrons. The Morgan fingerprint density at radius 2 is 2.12 bits per heavy atom. The second-order valence-electron chi connectivity index (χ2n) is 5.07. The fourth-order valence-corrected chi connectivity index (χ4v) is 2.81. The van der Waals surface area contributed by atoms with Crippen molar-refractivity contribution in [3.8, 4) is 0 Å². The van der Waals surface area contributed by atoms with Crippen molar-refractivity contribution in [1.82, 2.24) is 0 Å². The molecular formula is C16H22O. The van der Waals surface area contributed by atoms with Crippen LogP contribution < -0.4 is 0 Å². The number of aryl methyl sites for hydroxylation is 1. The van der Waals surface area contributed by atoms with E-state index in [2.05, 4.69) is 31.2 Å². The predicted molar refractivity (Wildman–Crippen MR) is 71.3 cm³/mol. The fraction of sp³-hybridized carbons (Fsp3) is 0.562. The standard InChI is InChI=1S/C16H22O/c1-2-3-4-12-16(17)15-11-7-9-13-8-5-6-10-14(13)15/h5-6,8,10,15H,2-4,7,9,11-12H2,1H3. The van der Waals surface area contributed by atoms with Crippen LogP contribution in [0.1, 0.15) is 62.5 Å². The topological polar surface area (TPSA) is 17.1 Å². The fourth-order valence-electron chi connectivity index (χ4n) is 2.81. The van der Waals surface area contributed by atoms with Crippen LogP contribution in [0, 0.1) is 0 Å². The van der Waals surface area contributed by atoms with Crippen LogP contribution in [-0.4, -0.2) is 5.78 Å². The summed E-state index contributed by atoms with van der Waals surface area (Å²) in [5.74, 6) is 0.655. The first-order chi connectivity index (χ1) is 8.33. The van der Waals surface area contributed by atoms with Gasteiger partial charge in [0.1, 0.15) is 5.78 Å². The highest BCUT2D eigenvalue weighted by Crippen LogP contribution is 2.33. The summed E-state index contributed by atoms with van der Waals surface area (Å²) in [5, 5.41) is 0. The van der Waals surface area contributed by atoms with Crippen molar-refractivity contribution < 1.29 is 4.79 Å². The molecule has 1 aromatic carbocycles. The summed E-state index contributed by atoms with van der Waals surface area (Å²) in [4.78, 5) is 12.2. The number of Topliss-reactive ketones (excluding diaryl/α,β-unsaturated/α-hetero) is 1. The number of fused-ring (bicyclic) bond motifs is 1. The van der Waals surface area contributed by atoms with Gasteiger partial charge in [-0.05, 0) is 36.8 Å². The lowest BCUT2D eigenvalue weighted by Gasteiger charge is -2.24. The Morgan fingerprint density at radius 3 is 2.94 bits per heavy atom. The highest BCUT2D eigenvalue weighted by atomic mass is 16.1. The number of rotatable bonds is 5. The van der Waals surface area contributed by atoms with Crippen LogP contribution in [0.25, 0.3) is 0 Å². The third-order valence-electron chi connectivity index (χ3n) is 3.78. The molecule has 0 heterocycles. The maximum Gasteiger partial charge on any atom is 0.140 e. The van der Waals surface area contributed by atoms with E-state index in [1.807, 2.05) is 0 Å². The maximum atomic E-state index is 12.2. The first kappa shape index (κ1) is 12.3. The average molecular weight is 230 g/mol. The van der Waals surface area contributed by atoms with Gasteiger partial charge in [-0.3, -0.25) is 4.79 Å². The van der Waals surface area contributed by atoms with E-state index >= 15 is 0 Å². The van der Waals surface area contributed by atoms with Gasteiger partial charge in [0.25, 0.3) is 0 Å². The minimum absolute atomic E-state index is 0.191. The summed E-state index contributed by atoms with van der Waals surface area (Å²) in [6.07, 6.45) is 7.58. The molecule has 0 fully saturated rings. The van der Waals surface area contributed by atoms with Gasteiger partial charge in [-0.1, -0.05) is 44.0 Å². The van der Waals surface area contributed by atoms with E-state index in [1.54, 1.807) is 0 Å². The van der Waals surface area contributed by atoms with Gasteiger partial charge in [-0.2, -0.15) is 0 Å². The zero-order chi connectivity index (χ0) is 12.1. The summed E-state index contributed by atoms with van der Waals surface area (Å²) in [5.41, 5.74) is 2.70. The van der Waals surface area contributed by atoms with E-state index in [1.165, 1.54) is 30.4 Å². The number of hydrogen-bond acceptors (Lipinski definition) is 1. The third-order valence-corrected chi connectivity index (χ3v) is 3.78. The summed E-state index contributed by atoms with van der Waals surface area (Å²) >= 11 is 0. The van der Waals surface area contributed by atoms with Crippen LogP contribution >= 0.6 is 0 Å². The van der Waals surface area contributed by atoms with Crippen molar-refractivity contribution in [3.63, 3.8) is 0 Å². The van der Waals surface area contributed by atoms with Gasteiger partial charge in [0.15, 0.2) is 0 Å². The molecule has 1 aliphatic carbocycles. The molecular weight excluding hydrogens is 208 g/mol. The molecule has 0 N–H and O–H groups in total. The molecule has 0 aliphatic heterocycles. The first-order valence-electron chi connectivity index (χ1n) is 6.93. The van der Waals surface area contributed by atoms with E-state index in [0.717, 1.165) is 25.7 Å². The minimum Gasteiger partial charge on any atom is -0.299 e. The summed E-state index contributed by atoms with van der Waals surface area (Å²) in [6, 6.07) is 8.48. The molecule has 0 saturated heterocycles. The summed E-state index contributed by atoms with van der Waals surface area (Å²) < 4.78 is 0. The molecule has 1 aliphatic rings. The van der Waals surface area contributed by atoms with Gasteiger partial charge in [-0.25, -0.2) is 0 Å². The molecule has 1 heteroatoms. The second kappa shape index (κ2) is 6.00. The van der Waals surface area contributed by atoms with E-state index in [-0.39, 0.29) is 5.92 Å². The number of ketones is 1. The van der Waals surface area contributed by atoms with Crippen LogP contribution in [0.5, 0.6) is 0 Å². The van der Waals surface area contributed by atoms with E-state index in [0.29, 0.717) is 5.78 Å². The zero-order valence-corrected chi connectivity index (χ0v) is 10.7. The lowest BCUT2D eigenvalue weighted by molar-refractivity contribution is -0.120. The largest absolute Gasteiger partial charge is 0.299 e. The molecule has 0 aromatic heterocycles. The van der Waals surface area contributed by atoms with E-state index in [9.17, 15) is 4.79 Å². The number of carbonyl (C=O) groups is 1. The molecule has 2 rings (SSSR count). The number of carbonyl (C=O) groups excluding carboxylic acids is 1. The monoisotopic (exact) mass is 230 g/mol. The van der Waals surface area contributed by atoms with E-state index in [4.69, 9.17) is 0 Å². The van der Waals surface area contributed by atoms with Crippen molar-refractivity contribution in [3.05, 3.63) is 35.4 Å². The van der Waals surface area contributed by atoms with Gasteiger partial charge >= 0.3 is 0 Å². The minimum atomic E-state index is 0.191.